The molecule has 0 fully saturated rings. The molecule has 1 aromatic rings. The lowest BCUT2D eigenvalue weighted by molar-refractivity contribution is 0.696. The topological polar surface area (TPSA) is 68.8 Å². The van der Waals surface area contributed by atoms with Gasteiger partial charge in [0.2, 0.25) is 5.95 Å². The van der Waals surface area contributed by atoms with Gasteiger partial charge in [-0.25, -0.2) is 0 Å². The van der Waals surface area contributed by atoms with Gasteiger partial charge in [-0.05, 0) is 20.4 Å². The molecule has 74 valence electrons. The van der Waals surface area contributed by atoms with Crippen LogP contribution in [0.5, 0.6) is 0 Å². The highest BCUT2D eigenvalue weighted by atomic mass is 15.3. The van der Waals surface area contributed by atoms with Crippen LogP contribution in [0.4, 0.5) is 5.95 Å². The van der Waals surface area contributed by atoms with Crippen molar-refractivity contribution in [2.24, 2.45) is 5.73 Å². The van der Waals surface area contributed by atoms with Crippen LogP contribution in [0.1, 0.15) is 19.7 Å². The van der Waals surface area contributed by atoms with Gasteiger partial charge in [-0.1, -0.05) is 0 Å². The molecule has 0 radical (unpaired) electrons. The predicted molar refractivity (Wildman–Crippen MR) is 52.6 cm³/mol. The van der Waals surface area contributed by atoms with E-state index in [1.54, 1.807) is 0 Å². The Kier molecular flexibility index (Phi) is 3.70. The van der Waals surface area contributed by atoms with Crippen LogP contribution in [0.3, 0.4) is 0 Å². The maximum absolute atomic E-state index is 5.47. The third-order valence-electron chi connectivity index (χ3n) is 1.85. The van der Waals surface area contributed by atoms with Crippen molar-refractivity contribution in [3.05, 3.63) is 5.82 Å². The maximum atomic E-state index is 5.47. The van der Waals surface area contributed by atoms with Crippen molar-refractivity contribution in [2.75, 3.05) is 18.4 Å². The first-order chi connectivity index (χ1) is 6.33. The van der Waals surface area contributed by atoms with E-state index in [1.807, 2.05) is 6.92 Å². The first kappa shape index (κ1) is 9.98. The van der Waals surface area contributed by atoms with Gasteiger partial charge in [0.1, 0.15) is 5.82 Å². The summed E-state index contributed by atoms with van der Waals surface area (Å²) in [5.41, 5.74) is 5.47. The quantitative estimate of drug-likeness (QED) is 0.685. The Bertz CT molecular complexity index is 232. The Morgan fingerprint density at radius 3 is 2.69 bits per heavy atom. The summed E-state index contributed by atoms with van der Waals surface area (Å²) in [5.74, 6) is 1.80. The molecular formula is C8H17N5. The second-order valence-corrected chi connectivity index (χ2v) is 2.75. The minimum Gasteiger partial charge on any atom is -0.355 e. The van der Waals surface area contributed by atoms with Crippen LogP contribution in [0.2, 0.25) is 0 Å². The van der Waals surface area contributed by atoms with Crippen LogP contribution in [-0.4, -0.2) is 27.9 Å². The van der Waals surface area contributed by atoms with Crippen LogP contribution < -0.4 is 11.1 Å². The van der Waals surface area contributed by atoms with Crippen molar-refractivity contribution in [3.8, 4) is 0 Å². The van der Waals surface area contributed by atoms with Gasteiger partial charge in [0.25, 0.3) is 0 Å². The van der Waals surface area contributed by atoms with Crippen LogP contribution >= 0.6 is 0 Å². The lowest BCUT2D eigenvalue weighted by Gasteiger charge is -2.06. The summed E-state index contributed by atoms with van der Waals surface area (Å²) < 4.78 is 2.05. The Balaban J connectivity index is 2.82. The van der Waals surface area contributed by atoms with E-state index in [0.29, 0.717) is 6.54 Å². The maximum Gasteiger partial charge on any atom is 0.224 e. The number of nitrogens with two attached hydrogens (primary N) is 1. The molecule has 0 aromatic carbocycles. The first-order valence-corrected chi connectivity index (χ1v) is 4.69. The molecule has 0 amide bonds. The van der Waals surface area contributed by atoms with Crippen molar-refractivity contribution >= 4 is 5.95 Å². The number of nitrogens with zero attached hydrogens (tertiary/aromatic N) is 3. The van der Waals surface area contributed by atoms with Gasteiger partial charge in [-0.2, -0.15) is 0 Å². The zero-order valence-electron chi connectivity index (χ0n) is 8.25. The molecule has 0 saturated carbocycles. The summed E-state index contributed by atoms with van der Waals surface area (Å²) in [4.78, 5) is 0. The molecule has 0 atom stereocenters. The van der Waals surface area contributed by atoms with Gasteiger partial charge in [0.05, 0.1) is 0 Å². The summed E-state index contributed by atoms with van der Waals surface area (Å²) >= 11 is 0. The van der Waals surface area contributed by atoms with Gasteiger partial charge in [-0.15, -0.1) is 10.2 Å². The summed E-state index contributed by atoms with van der Waals surface area (Å²) in [7, 11) is 0. The molecule has 5 heteroatoms. The van der Waals surface area contributed by atoms with Crippen molar-refractivity contribution in [2.45, 2.75) is 26.8 Å². The number of hydrogen-bond acceptors (Lipinski definition) is 4. The van der Waals surface area contributed by atoms with Crippen LogP contribution in [0.15, 0.2) is 0 Å². The second kappa shape index (κ2) is 4.81. The van der Waals surface area contributed by atoms with Crippen molar-refractivity contribution in [3.63, 3.8) is 0 Å². The molecule has 0 aliphatic rings. The number of anilines is 1. The van der Waals surface area contributed by atoms with E-state index in [4.69, 9.17) is 5.73 Å². The van der Waals surface area contributed by atoms with E-state index >= 15 is 0 Å². The van der Waals surface area contributed by atoms with E-state index < -0.39 is 0 Å². The minimum atomic E-state index is 0.615. The van der Waals surface area contributed by atoms with Gasteiger partial charge in [0, 0.05) is 19.5 Å². The van der Waals surface area contributed by atoms with Crippen LogP contribution in [0.25, 0.3) is 0 Å². The largest absolute Gasteiger partial charge is 0.355 e. The number of rotatable bonds is 5. The Morgan fingerprint density at radius 2 is 2.15 bits per heavy atom. The standard InChI is InChI=1S/C8H17N5/c1-3-10-8-12-11-7(5-6-9)13(8)4-2/h3-6,9H2,1-2H3,(H,10,12). The summed E-state index contributed by atoms with van der Waals surface area (Å²) in [6.07, 6.45) is 0.784. The zero-order valence-corrected chi connectivity index (χ0v) is 8.25. The second-order valence-electron chi connectivity index (χ2n) is 2.75. The Hall–Kier alpha value is -1.10. The summed E-state index contributed by atoms with van der Waals surface area (Å²) in [6, 6.07) is 0. The molecule has 0 unspecified atom stereocenters. The van der Waals surface area contributed by atoms with Crippen LogP contribution in [0, 0.1) is 0 Å². The van der Waals surface area contributed by atoms with Gasteiger partial charge >= 0.3 is 0 Å². The normalized spacial score (nSPS) is 10.4. The molecule has 0 saturated heterocycles. The van der Waals surface area contributed by atoms with Gasteiger partial charge in [-0.3, -0.25) is 4.57 Å². The highest BCUT2D eigenvalue weighted by Crippen LogP contribution is 2.07. The Labute approximate surface area is 78.3 Å². The fourth-order valence-corrected chi connectivity index (χ4v) is 1.27. The molecule has 1 rings (SSSR count). The fourth-order valence-electron chi connectivity index (χ4n) is 1.27. The highest BCUT2D eigenvalue weighted by molar-refractivity contribution is 5.25. The Morgan fingerprint density at radius 1 is 1.38 bits per heavy atom. The molecule has 1 heterocycles. The van der Waals surface area contributed by atoms with Crippen molar-refractivity contribution < 1.29 is 0 Å². The lowest BCUT2D eigenvalue weighted by atomic mass is 10.4. The average molecular weight is 183 g/mol. The van der Waals surface area contributed by atoms with E-state index in [1.165, 1.54) is 0 Å². The van der Waals surface area contributed by atoms with Crippen molar-refractivity contribution in [1.82, 2.24) is 14.8 Å². The number of hydrogen-bond donors (Lipinski definition) is 2. The van der Waals surface area contributed by atoms with E-state index in [9.17, 15) is 0 Å². The molecule has 0 aliphatic heterocycles. The molecular weight excluding hydrogens is 166 g/mol. The SMILES string of the molecule is CCNc1nnc(CCN)n1CC. The number of aromatic nitrogens is 3. The van der Waals surface area contributed by atoms with Gasteiger partial charge in [0.15, 0.2) is 0 Å². The average Bonchev–Trinajstić information content (AvgIpc) is 2.49. The summed E-state index contributed by atoms with van der Waals surface area (Å²) in [5, 5.41) is 11.3. The van der Waals surface area contributed by atoms with E-state index in [-0.39, 0.29) is 0 Å². The first-order valence-electron chi connectivity index (χ1n) is 4.69. The van der Waals surface area contributed by atoms with E-state index in [0.717, 1.165) is 31.3 Å². The smallest absolute Gasteiger partial charge is 0.224 e. The van der Waals surface area contributed by atoms with E-state index in [2.05, 4.69) is 27.0 Å². The van der Waals surface area contributed by atoms with Gasteiger partial charge < -0.3 is 11.1 Å². The highest BCUT2D eigenvalue weighted by Gasteiger charge is 2.07. The summed E-state index contributed by atoms with van der Waals surface area (Å²) in [6.45, 7) is 6.47. The lowest BCUT2D eigenvalue weighted by Crippen LogP contribution is -2.11. The third-order valence-corrected chi connectivity index (χ3v) is 1.85. The molecule has 0 spiro atoms. The molecule has 5 nitrogen and oxygen atoms in total. The minimum absolute atomic E-state index is 0.615. The third kappa shape index (κ3) is 2.18. The monoisotopic (exact) mass is 183 g/mol. The molecule has 0 bridgehead atoms. The zero-order chi connectivity index (χ0) is 9.68. The molecule has 3 N–H and O–H groups in total. The molecule has 0 aliphatic carbocycles. The molecule has 1 aromatic heterocycles. The van der Waals surface area contributed by atoms with Crippen LogP contribution in [-0.2, 0) is 13.0 Å². The van der Waals surface area contributed by atoms with Crippen molar-refractivity contribution in [1.29, 1.82) is 0 Å². The fraction of sp³-hybridized carbons (Fsp3) is 0.750. The molecule has 13 heavy (non-hydrogen) atoms. The number of nitrogens with one attached hydrogen (secondary N) is 1. The predicted octanol–water partition coefficient (Wildman–Crippen LogP) is 0.231.